The minimum atomic E-state index is -0.349. The van der Waals surface area contributed by atoms with E-state index in [0.717, 1.165) is 10.0 Å². The van der Waals surface area contributed by atoms with Gasteiger partial charge >= 0.3 is 5.97 Å². The second-order valence-electron chi connectivity index (χ2n) is 5.36. The van der Waals surface area contributed by atoms with Gasteiger partial charge in [-0.2, -0.15) is 0 Å². The number of hydrogen-bond donors (Lipinski definition) is 0. The number of halogens is 1. The van der Waals surface area contributed by atoms with Crippen molar-refractivity contribution in [2.45, 2.75) is 5.92 Å². The maximum absolute atomic E-state index is 12.5. The van der Waals surface area contributed by atoms with Crippen LogP contribution in [0.3, 0.4) is 0 Å². The SMILES string of the molecule is COC(=O)[C@@H]1CN(C(=O)c2cncs2)C[C@H]1c1ccc(Br)cc1. The summed E-state index contributed by atoms with van der Waals surface area (Å²) in [5, 5.41) is 0. The fraction of sp³-hybridized carbons (Fsp3) is 0.312. The lowest BCUT2D eigenvalue weighted by atomic mass is 9.89. The number of rotatable bonds is 3. The molecule has 1 aromatic carbocycles. The highest BCUT2D eigenvalue weighted by molar-refractivity contribution is 9.10. The summed E-state index contributed by atoms with van der Waals surface area (Å²) >= 11 is 4.72. The molecule has 1 aliphatic heterocycles. The summed E-state index contributed by atoms with van der Waals surface area (Å²) < 4.78 is 5.91. The van der Waals surface area contributed by atoms with Gasteiger partial charge in [-0.1, -0.05) is 28.1 Å². The Hall–Kier alpha value is -1.73. The second-order valence-corrected chi connectivity index (χ2v) is 7.17. The number of carbonyl (C=O) groups excluding carboxylic acids is 2. The number of hydrogen-bond acceptors (Lipinski definition) is 5. The van der Waals surface area contributed by atoms with Gasteiger partial charge in [0.1, 0.15) is 4.88 Å². The van der Waals surface area contributed by atoms with Gasteiger partial charge in [-0.25, -0.2) is 0 Å². The molecular weight excluding hydrogens is 380 g/mol. The molecule has 3 rings (SSSR count). The first kappa shape index (κ1) is 16.1. The van der Waals surface area contributed by atoms with Crippen molar-refractivity contribution in [2.75, 3.05) is 20.2 Å². The second kappa shape index (κ2) is 6.80. The Kier molecular flexibility index (Phi) is 4.77. The van der Waals surface area contributed by atoms with Crippen molar-refractivity contribution < 1.29 is 14.3 Å². The molecule has 1 aliphatic rings. The van der Waals surface area contributed by atoms with E-state index in [9.17, 15) is 9.59 Å². The molecule has 0 spiro atoms. The van der Waals surface area contributed by atoms with E-state index < -0.39 is 0 Å². The van der Waals surface area contributed by atoms with Gasteiger partial charge in [-0.3, -0.25) is 14.6 Å². The summed E-state index contributed by atoms with van der Waals surface area (Å²) in [5.74, 6) is -0.774. The molecule has 0 bridgehead atoms. The molecule has 2 aromatic rings. The molecule has 2 atom stereocenters. The normalized spacial score (nSPS) is 20.5. The quantitative estimate of drug-likeness (QED) is 0.750. The third-order valence-electron chi connectivity index (χ3n) is 4.05. The molecule has 1 fully saturated rings. The van der Waals surface area contributed by atoms with Crippen LogP contribution < -0.4 is 0 Å². The first-order chi connectivity index (χ1) is 11.1. The van der Waals surface area contributed by atoms with Crippen molar-refractivity contribution in [3.05, 3.63) is 50.9 Å². The fourth-order valence-corrected chi connectivity index (χ4v) is 3.74. The Balaban J connectivity index is 1.86. The highest BCUT2D eigenvalue weighted by Gasteiger charge is 2.41. The number of methoxy groups -OCH3 is 1. The van der Waals surface area contributed by atoms with Crippen molar-refractivity contribution in [2.24, 2.45) is 5.92 Å². The zero-order valence-corrected chi connectivity index (χ0v) is 14.8. The average molecular weight is 395 g/mol. The van der Waals surface area contributed by atoms with Crippen molar-refractivity contribution in [3.63, 3.8) is 0 Å². The summed E-state index contributed by atoms with van der Waals surface area (Å²) in [6, 6.07) is 7.84. The number of aromatic nitrogens is 1. The number of amides is 1. The summed E-state index contributed by atoms with van der Waals surface area (Å²) in [6.07, 6.45) is 1.56. The number of benzene rings is 1. The molecule has 1 saturated heterocycles. The van der Waals surface area contributed by atoms with Gasteiger partial charge in [-0.05, 0) is 17.7 Å². The maximum atomic E-state index is 12.5. The lowest BCUT2D eigenvalue weighted by molar-refractivity contribution is -0.145. The van der Waals surface area contributed by atoms with Crippen molar-refractivity contribution in [1.29, 1.82) is 0 Å². The Labute approximate surface area is 146 Å². The van der Waals surface area contributed by atoms with Gasteiger partial charge in [0, 0.05) is 23.5 Å². The number of esters is 1. The first-order valence-electron chi connectivity index (χ1n) is 7.11. The predicted octanol–water partition coefficient (Wildman–Crippen LogP) is 2.93. The molecule has 0 unspecified atom stereocenters. The first-order valence-corrected chi connectivity index (χ1v) is 8.78. The van der Waals surface area contributed by atoms with Crippen LogP contribution in [0.1, 0.15) is 21.2 Å². The van der Waals surface area contributed by atoms with Crippen LogP contribution in [0.15, 0.2) is 40.4 Å². The number of ether oxygens (including phenoxy) is 1. The zero-order valence-electron chi connectivity index (χ0n) is 12.4. The van der Waals surface area contributed by atoms with E-state index in [1.807, 2.05) is 24.3 Å². The van der Waals surface area contributed by atoms with Gasteiger partial charge in [0.25, 0.3) is 5.91 Å². The largest absolute Gasteiger partial charge is 0.469 e. The summed E-state index contributed by atoms with van der Waals surface area (Å²) in [7, 11) is 1.38. The van der Waals surface area contributed by atoms with Crippen LogP contribution in [-0.4, -0.2) is 42.0 Å². The molecule has 5 nitrogen and oxygen atoms in total. The predicted molar refractivity (Wildman–Crippen MR) is 90.4 cm³/mol. The Bertz CT molecular complexity index is 703. The maximum Gasteiger partial charge on any atom is 0.311 e. The molecule has 7 heteroatoms. The Morgan fingerprint density at radius 3 is 2.65 bits per heavy atom. The summed E-state index contributed by atoms with van der Waals surface area (Å²) in [5.41, 5.74) is 2.66. The Morgan fingerprint density at radius 2 is 2.04 bits per heavy atom. The number of thiazole rings is 1. The van der Waals surface area contributed by atoms with E-state index in [1.165, 1.54) is 18.4 Å². The van der Waals surface area contributed by atoms with E-state index in [-0.39, 0.29) is 23.7 Å². The molecule has 1 amide bonds. The van der Waals surface area contributed by atoms with Gasteiger partial charge in [-0.15, -0.1) is 11.3 Å². The third-order valence-corrected chi connectivity index (χ3v) is 5.34. The monoisotopic (exact) mass is 394 g/mol. The van der Waals surface area contributed by atoms with Gasteiger partial charge < -0.3 is 9.64 Å². The van der Waals surface area contributed by atoms with E-state index >= 15 is 0 Å². The number of nitrogens with zero attached hydrogens (tertiary/aromatic N) is 2. The fourth-order valence-electron chi connectivity index (χ4n) is 2.88. The van der Waals surface area contributed by atoms with Crippen LogP contribution in [0, 0.1) is 5.92 Å². The number of carbonyl (C=O) groups is 2. The van der Waals surface area contributed by atoms with Gasteiger partial charge in [0.15, 0.2) is 0 Å². The van der Waals surface area contributed by atoms with Crippen molar-refractivity contribution >= 4 is 39.1 Å². The average Bonchev–Trinajstić information content (AvgIpc) is 3.24. The van der Waals surface area contributed by atoms with Crippen LogP contribution >= 0.6 is 27.3 Å². The van der Waals surface area contributed by atoms with Crippen LogP contribution in [0.25, 0.3) is 0 Å². The molecule has 0 aliphatic carbocycles. The molecule has 120 valence electrons. The van der Waals surface area contributed by atoms with Crippen LogP contribution in [0.4, 0.5) is 0 Å². The lowest BCUT2D eigenvalue weighted by Crippen LogP contribution is -2.29. The minimum Gasteiger partial charge on any atom is -0.469 e. The van der Waals surface area contributed by atoms with Crippen LogP contribution in [-0.2, 0) is 9.53 Å². The Morgan fingerprint density at radius 1 is 1.30 bits per heavy atom. The summed E-state index contributed by atoms with van der Waals surface area (Å²) in [4.78, 5) is 30.9. The van der Waals surface area contributed by atoms with Gasteiger partial charge in [0.05, 0.1) is 24.7 Å². The minimum absolute atomic E-state index is 0.0626. The van der Waals surface area contributed by atoms with Crippen molar-refractivity contribution in [1.82, 2.24) is 9.88 Å². The van der Waals surface area contributed by atoms with Gasteiger partial charge in [0.2, 0.25) is 0 Å². The lowest BCUT2D eigenvalue weighted by Gasteiger charge is -2.16. The van der Waals surface area contributed by atoms with E-state index in [4.69, 9.17) is 4.74 Å². The molecule has 0 saturated carbocycles. The molecule has 1 aromatic heterocycles. The topological polar surface area (TPSA) is 59.5 Å². The molecule has 0 radical (unpaired) electrons. The van der Waals surface area contributed by atoms with Crippen molar-refractivity contribution in [3.8, 4) is 0 Å². The molecule has 0 N–H and O–H groups in total. The van der Waals surface area contributed by atoms with E-state index in [1.54, 1.807) is 16.6 Å². The smallest absolute Gasteiger partial charge is 0.311 e. The highest BCUT2D eigenvalue weighted by Crippen LogP contribution is 2.35. The van der Waals surface area contributed by atoms with E-state index in [0.29, 0.717) is 18.0 Å². The summed E-state index contributed by atoms with van der Waals surface area (Å²) in [6.45, 7) is 0.863. The molecular formula is C16H15BrN2O3S. The number of likely N-dealkylation sites (tertiary alicyclic amines) is 1. The molecule has 2 heterocycles. The third kappa shape index (κ3) is 3.30. The van der Waals surface area contributed by atoms with Crippen LogP contribution in [0.5, 0.6) is 0 Å². The van der Waals surface area contributed by atoms with Crippen LogP contribution in [0.2, 0.25) is 0 Å². The molecule has 23 heavy (non-hydrogen) atoms. The zero-order chi connectivity index (χ0) is 16.4. The van der Waals surface area contributed by atoms with E-state index in [2.05, 4.69) is 20.9 Å². The standard InChI is InChI=1S/C16H15BrN2O3S/c1-22-16(21)13-8-19(15(20)14-6-18-9-23-14)7-12(13)10-2-4-11(17)5-3-10/h2-6,9,12-13H,7-8H2,1H3/t12-,13+/m0/s1. The highest BCUT2D eigenvalue weighted by atomic mass is 79.9.